The van der Waals surface area contributed by atoms with Crippen LogP contribution in [0.4, 0.5) is 0 Å². The number of hydrogen-bond acceptors (Lipinski definition) is 3. The van der Waals surface area contributed by atoms with Crippen LogP contribution in [0.5, 0.6) is 0 Å². The summed E-state index contributed by atoms with van der Waals surface area (Å²) in [6, 6.07) is 7.14. The highest BCUT2D eigenvalue weighted by atomic mass is 32.2. The molecule has 0 radical (unpaired) electrons. The molecule has 2 aliphatic rings. The van der Waals surface area contributed by atoms with Gasteiger partial charge in [-0.15, -0.1) is 0 Å². The predicted molar refractivity (Wildman–Crippen MR) is 77.5 cm³/mol. The molecule has 21 heavy (non-hydrogen) atoms. The Labute approximate surface area is 124 Å². The smallest absolute Gasteiger partial charge is 0.306 e. The maximum atomic E-state index is 12.5. The van der Waals surface area contributed by atoms with Gasteiger partial charge in [-0.3, -0.25) is 4.79 Å². The largest absolute Gasteiger partial charge is 0.481 e. The highest BCUT2D eigenvalue weighted by Crippen LogP contribution is 2.40. The van der Waals surface area contributed by atoms with Crippen molar-refractivity contribution in [3.8, 4) is 0 Å². The summed E-state index contributed by atoms with van der Waals surface area (Å²) >= 11 is 0. The molecule has 1 saturated heterocycles. The molecule has 1 aliphatic heterocycles. The van der Waals surface area contributed by atoms with Crippen LogP contribution in [0.1, 0.15) is 37.2 Å². The Morgan fingerprint density at radius 2 is 1.62 bits per heavy atom. The van der Waals surface area contributed by atoms with Crippen LogP contribution < -0.4 is 0 Å². The molecule has 1 aromatic rings. The van der Waals surface area contributed by atoms with Crippen LogP contribution in [-0.2, 0) is 14.8 Å². The van der Waals surface area contributed by atoms with Crippen molar-refractivity contribution in [1.29, 1.82) is 0 Å². The standard InChI is InChI=1S/C15H19NO4S/c17-15(18)13-7-9-16(10-8-13)21(19,20)14-5-3-12(4-6-14)11-1-2-11/h3-6,11,13H,1-2,7-10H2,(H,17,18). The summed E-state index contributed by atoms with van der Waals surface area (Å²) in [5.74, 6) is -0.650. The second kappa shape index (κ2) is 5.42. The number of nitrogens with zero attached hydrogens (tertiary/aromatic N) is 1. The Morgan fingerprint density at radius 1 is 1.05 bits per heavy atom. The van der Waals surface area contributed by atoms with Gasteiger partial charge in [0.05, 0.1) is 10.8 Å². The molecule has 0 unspecified atom stereocenters. The van der Waals surface area contributed by atoms with E-state index in [1.54, 1.807) is 12.1 Å². The van der Waals surface area contributed by atoms with Gasteiger partial charge in [-0.05, 0) is 49.3 Å². The molecular formula is C15H19NO4S. The van der Waals surface area contributed by atoms with E-state index in [9.17, 15) is 13.2 Å². The molecule has 1 saturated carbocycles. The molecule has 114 valence electrons. The molecule has 0 atom stereocenters. The van der Waals surface area contributed by atoms with Crippen molar-refractivity contribution in [2.45, 2.75) is 36.5 Å². The fourth-order valence-corrected chi connectivity index (χ4v) is 4.29. The molecule has 5 nitrogen and oxygen atoms in total. The number of carboxylic acid groups (broad SMARTS) is 1. The van der Waals surface area contributed by atoms with Crippen molar-refractivity contribution in [3.63, 3.8) is 0 Å². The highest BCUT2D eigenvalue weighted by molar-refractivity contribution is 7.89. The van der Waals surface area contributed by atoms with E-state index in [4.69, 9.17) is 5.11 Å². The van der Waals surface area contributed by atoms with Crippen molar-refractivity contribution < 1.29 is 18.3 Å². The van der Waals surface area contributed by atoms with Crippen molar-refractivity contribution in [3.05, 3.63) is 29.8 Å². The zero-order valence-electron chi connectivity index (χ0n) is 11.7. The van der Waals surface area contributed by atoms with Gasteiger partial charge in [0.15, 0.2) is 0 Å². The van der Waals surface area contributed by atoms with Gasteiger partial charge in [-0.1, -0.05) is 12.1 Å². The molecule has 1 N–H and O–H groups in total. The van der Waals surface area contributed by atoms with Gasteiger partial charge in [0, 0.05) is 13.1 Å². The highest BCUT2D eigenvalue weighted by Gasteiger charge is 2.32. The molecule has 0 bridgehead atoms. The van der Waals surface area contributed by atoms with Gasteiger partial charge in [0.1, 0.15) is 0 Å². The lowest BCUT2D eigenvalue weighted by molar-refractivity contribution is -0.142. The minimum atomic E-state index is -3.49. The second-order valence-corrected chi connectivity index (χ2v) is 7.80. The first-order chi connectivity index (χ1) is 9.98. The number of hydrogen-bond donors (Lipinski definition) is 1. The molecule has 1 aromatic carbocycles. The summed E-state index contributed by atoms with van der Waals surface area (Å²) in [4.78, 5) is 11.2. The van der Waals surface area contributed by atoms with Gasteiger partial charge in [0.2, 0.25) is 10.0 Å². The van der Waals surface area contributed by atoms with Crippen LogP contribution in [0.3, 0.4) is 0 Å². The topological polar surface area (TPSA) is 74.7 Å². The van der Waals surface area contributed by atoms with E-state index in [1.165, 1.54) is 22.7 Å². The summed E-state index contributed by atoms with van der Waals surface area (Å²) in [5, 5.41) is 8.96. The van der Waals surface area contributed by atoms with E-state index in [0.717, 1.165) is 0 Å². The first-order valence-corrected chi connectivity index (χ1v) is 8.75. The Balaban J connectivity index is 1.72. The van der Waals surface area contributed by atoms with Crippen LogP contribution in [0.2, 0.25) is 0 Å². The van der Waals surface area contributed by atoms with E-state index < -0.39 is 21.9 Å². The number of carbonyl (C=O) groups is 1. The lowest BCUT2D eigenvalue weighted by Crippen LogP contribution is -2.40. The first-order valence-electron chi connectivity index (χ1n) is 7.31. The summed E-state index contributed by atoms with van der Waals surface area (Å²) in [6.07, 6.45) is 3.15. The van der Waals surface area contributed by atoms with Crippen molar-refractivity contribution in [2.24, 2.45) is 5.92 Å². The number of aliphatic carboxylic acids is 1. The third kappa shape index (κ3) is 2.96. The zero-order chi connectivity index (χ0) is 15.0. The number of carboxylic acids is 1. The fourth-order valence-electron chi connectivity index (χ4n) is 2.82. The lowest BCUT2D eigenvalue weighted by Gasteiger charge is -2.29. The fraction of sp³-hybridized carbons (Fsp3) is 0.533. The van der Waals surface area contributed by atoms with Crippen LogP contribution in [0, 0.1) is 5.92 Å². The SMILES string of the molecule is O=C(O)C1CCN(S(=O)(=O)c2ccc(C3CC3)cc2)CC1. The quantitative estimate of drug-likeness (QED) is 0.923. The molecule has 2 fully saturated rings. The van der Waals surface area contributed by atoms with Crippen LogP contribution >= 0.6 is 0 Å². The van der Waals surface area contributed by atoms with Gasteiger partial charge in [0.25, 0.3) is 0 Å². The lowest BCUT2D eigenvalue weighted by atomic mass is 9.99. The first kappa shape index (κ1) is 14.5. The van der Waals surface area contributed by atoms with Gasteiger partial charge in [-0.25, -0.2) is 8.42 Å². The molecule has 0 amide bonds. The number of piperidine rings is 1. The van der Waals surface area contributed by atoms with Crippen LogP contribution in [0.15, 0.2) is 29.2 Å². The maximum Gasteiger partial charge on any atom is 0.306 e. The Bertz CT molecular complexity index is 626. The van der Waals surface area contributed by atoms with Gasteiger partial charge in [-0.2, -0.15) is 4.31 Å². The summed E-state index contributed by atoms with van der Waals surface area (Å²) in [6.45, 7) is 0.563. The summed E-state index contributed by atoms with van der Waals surface area (Å²) < 4.78 is 26.5. The number of sulfonamides is 1. The second-order valence-electron chi connectivity index (χ2n) is 5.86. The Hall–Kier alpha value is -1.40. The molecule has 1 heterocycles. The zero-order valence-corrected chi connectivity index (χ0v) is 12.6. The van der Waals surface area contributed by atoms with Crippen molar-refractivity contribution in [1.82, 2.24) is 4.31 Å². The summed E-state index contributed by atoms with van der Waals surface area (Å²) in [5.41, 5.74) is 1.21. The minimum absolute atomic E-state index is 0.281. The third-order valence-electron chi connectivity index (χ3n) is 4.37. The van der Waals surface area contributed by atoms with Crippen molar-refractivity contribution >= 4 is 16.0 Å². The molecule has 3 rings (SSSR count). The number of rotatable bonds is 4. The van der Waals surface area contributed by atoms with Crippen LogP contribution in [0.25, 0.3) is 0 Å². The van der Waals surface area contributed by atoms with E-state index in [0.29, 0.717) is 23.7 Å². The monoisotopic (exact) mass is 309 g/mol. The third-order valence-corrected chi connectivity index (χ3v) is 6.28. The van der Waals surface area contributed by atoms with Gasteiger partial charge >= 0.3 is 5.97 Å². The average Bonchev–Trinajstić information content (AvgIpc) is 3.32. The molecule has 1 aliphatic carbocycles. The van der Waals surface area contributed by atoms with Crippen molar-refractivity contribution in [2.75, 3.05) is 13.1 Å². The molecule has 0 spiro atoms. The minimum Gasteiger partial charge on any atom is -0.481 e. The Morgan fingerprint density at radius 3 is 2.10 bits per heavy atom. The van der Waals surface area contributed by atoms with E-state index in [-0.39, 0.29) is 13.1 Å². The van der Waals surface area contributed by atoms with Gasteiger partial charge < -0.3 is 5.11 Å². The maximum absolute atomic E-state index is 12.5. The Kier molecular flexibility index (Phi) is 3.75. The molecule has 6 heteroatoms. The predicted octanol–water partition coefficient (Wildman–Crippen LogP) is 2.05. The number of benzene rings is 1. The summed E-state index contributed by atoms with van der Waals surface area (Å²) in [7, 11) is -3.49. The average molecular weight is 309 g/mol. The van der Waals surface area contributed by atoms with E-state index >= 15 is 0 Å². The van der Waals surface area contributed by atoms with Crippen LogP contribution in [-0.4, -0.2) is 36.9 Å². The molecule has 0 aromatic heterocycles. The van der Waals surface area contributed by atoms with E-state index in [2.05, 4.69) is 0 Å². The molecular weight excluding hydrogens is 290 g/mol. The normalized spacial score (nSPS) is 21.3. The van der Waals surface area contributed by atoms with E-state index in [1.807, 2.05) is 12.1 Å².